The van der Waals surface area contributed by atoms with Gasteiger partial charge in [-0.2, -0.15) is 0 Å². The summed E-state index contributed by atoms with van der Waals surface area (Å²) in [6, 6.07) is 4.36. The highest BCUT2D eigenvalue weighted by molar-refractivity contribution is 6.33. The minimum Gasteiger partial charge on any atom is -0.510 e. The summed E-state index contributed by atoms with van der Waals surface area (Å²) < 4.78 is 0. The maximum atomic E-state index is 13.8. The molecule has 0 saturated heterocycles. The number of likely N-dealkylation sites (N-methyl/N-ethyl adjacent to an activating group) is 1. The zero-order valence-corrected chi connectivity index (χ0v) is 19.2. The molecule has 1 aromatic carbocycles. The number of Topliss-reactive ketones (excluding diaryl/α,β-unsaturated/α-hetero) is 1. The largest absolute Gasteiger partial charge is 0.510 e. The van der Waals surface area contributed by atoms with Crippen molar-refractivity contribution in [2.24, 2.45) is 17.6 Å². The van der Waals surface area contributed by atoms with Crippen LogP contribution in [0.3, 0.4) is 0 Å². The molecular formula is C25H25N5O5. The zero-order chi connectivity index (χ0) is 25.2. The van der Waals surface area contributed by atoms with Crippen molar-refractivity contribution >= 4 is 23.2 Å². The fraction of sp³-hybridized carbons (Fsp3) is 0.320. The molecule has 1 aromatic heterocycles. The number of hydrogen-bond donors (Lipinski definition) is 5. The number of amides is 1. The number of nitrogens with two attached hydrogens (primary N) is 1. The number of aliphatic hydroxyl groups excluding tert-OH is 2. The van der Waals surface area contributed by atoms with Crippen molar-refractivity contribution in [2.45, 2.75) is 24.5 Å². The topological polar surface area (TPSA) is 174 Å². The van der Waals surface area contributed by atoms with Crippen LogP contribution in [0, 0.1) is 17.2 Å². The number of fused-ring (bicyclic) bond motifs is 3. The van der Waals surface area contributed by atoms with Gasteiger partial charge in [0.15, 0.2) is 5.60 Å². The Labute approximate surface area is 200 Å². The number of rotatable bonds is 3. The van der Waals surface area contributed by atoms with E-state index in [0.29, 0.717) is 17.7 Å². The normalized spacial score (nSPS) is 28.1. The van der Waals surface area contributed by atoms with Crippen LogP contribution in [0.4, 0.5) is 0 Å². The van der Waals surface area contributed by atoms with Crippen LogP contribution in [-0.2, 0) is 16.0 Å². The summed E-state index contributed by atoms with van der Waals surface area (Å²) in [4.78, 5) is 36.0. The predicted molar refractivity (Wildman–Crippen MR) is 126 cm³/mol. The Morgan fingerprint density at radius 1 is 1.23 bits per heavy atom. The van der Waals surface area contributed by atoms with Gasteiger partial charge in [-0.1, -0.05) is 18.2 Å². The fourth-order valence-electron chi connectivity index (χ4n) is 5.91. The molecule has 10 heteroatoms. The van der Waals surface area contributed by atoms with Gasteiger partial charge in [-0.3, -0.25) is 24.5 Å². The van der Waals surface area contributed by atoms with E-state index in [4.69, 9.17) is 11.1 Å². The maximum Gasteiger partial charge on any atom is 0.254 e. The zero-order valence-electron chi connectivity index (χ0n) is 19.2. The summed E-state index contributed by atoms with van der Waals surface area (Å²) in [5.74, 6) is -4.10. The second kappa shape index (κ2) is 7.82. The highest BCUT2D eigenvalue weighted by Crippen LogP contribution is 2.51. The van der Waals surface area contributed by atoms with Crippen molar-refractivity contribution in [2.75, 3.05) is 14.1 Å². The van der Waals surface area contributed by atoms with E-state index in [1.165, 1.54) is 0 Å². The Balaban J connectivity index is 1.70. The van der Waals surface area contributed by atoms with Gasteiger partial charge in [0.25, 0.3) is 5.91 Å². The second-order valence-electron chi connectivity index (χ2n) is 9.43. The lowest BCUT2D eigenvalue weighted by atomic mass is 9.56. The maximum absolute atomic E-state index is 13.8. The Kier molecular flexibility index (Phi) is 5.11. The van der Waals surface area contributed by atoms with E-state index in [1.54, 1.807) is 49.7 Å². The molecule has 1 fully saturated rings. The van der Waals surface area contributed by atoms with Crippen molar-refractivity contribution in [1.29, 1.82) is 5.41 Å². The first-order chi connectivity index (χ1) is 16.6. The van der Waals surface area contributed by atoms with Gasteiger partial charge in [-0.05, 0) is 38.4 Å². The number of nitrogens with zero attached hydrogens (tertiary/aromatic N) is 3. The molecule has 1 saturated carbocycles. The van der Waals surface area contributed by atoms with Gasteiger partial charge in [-0.25, -0.2) is 0 Å². The van der Waals surface area contributed by atoms with Crippen LogP contribution in [0.5, 0.6) is 0 Å². The molecule has 1 amide bonds. The minimum absolute atomic E-state index is 0.0139. The number of carbonyl (C=O) groups is 2. The molecule has 0 unspecified atom stereocenters. The van der Waals surface area contributed by atoms with E-state index in [9.17, 15) is 24.9 Å². The first kappa shape index (κ1) is 22.9. The average Bonchev–Trinajstić information content (AvgIpc) is 2.81. The lowest BCUT2D eigenvalue weighted by Crippen LogP contribution is -2.67. The van der Waals surface area contributed by atoms with Gasteiger partial charge in [0.05, 0.1) is 23.6 Å². The molecule has 35 heavy (non-hydrogen) atoms. The smallest absolute Gasteiger partial charge is 0.254 e. The highest BCUT2D eigenvalue weighted by Gasteiger charge is 2.63. The SMILES string of the molecule is CN(C)[C@@H]1C(O)=C(C(N)=O)C(=N)[C@@]2(O)C(=O)C3=C(O)c4cccc(-c5cnccn5)c4C[C@H]3C[C@@H]12. The molecule has 0 radical (unpaired) electrons. The summed E-state index contributed by atoms with van der Waals surface area (Å²) >= 11 is 0. The van der Waals surface area contributed by atoms with E-state index in [0.717, 1.165) is 11.1 Å². The number of nitrogens with one attached hydrogen (secondary N) is 1. The summed E-state index contributed by atoms with van der Waals surface area (Å²) in [6.07, 6.45) is 5.31. The first-order valence-electron chi connectivity index (χ1n) is 11.2. The van der Waals surface area contributed by atoms with Gasteiger partial charge in [-0.15, -0.1) is 0 Å². The molecule has 2 aromatic rings. The number of benzene rings is 1. The molecule has 3 aliphatic carbocycles. The molecule has 10 nitrogen and oxygen atoms in total. The van der Waals surface area contributed by atoms with Crippen molar-refractivity contribution < 1.29 is 24.9 Å². The lowest BCUT2D eigenvalue weighted by molar-refractivity contribution is -0.138. The quantitative estimate of drug-likeness (QED) is 0.440. The standard InChI is InChI=1S/C25H25N5O5/c1-30(2)19-15-9-11-8-14-12(16-10-28-6-7-29-16)4-3-5-13(14)20(31)17(11)23(33)25(15,35)22(26)18(21(19)32)24(27)34/h3-7,10-11,15,19,26,31-32,35H,8-9H2,1-2H3,(H2,27,34)/t11-,15-,19-,25+/m0/s1. The summed E-state index contributed by atoms with van der Waals surface area (Å²) in [6.45, 7) is 0. The van der Waals surface area contributed by atoms with Gasteiger partial charge >= 0.3 is 0 Å². The van der Waals surface area contributed by atoms with E-state index in [2.05, 4.69) is 9.97 Å². The van der Waals surface area contributed by atoms with Crippen molar-refractivity contribution in [3.8, 4) is 11.3 Å². The Bertz CT molecular complexity index is 1350. The third kappa shape index (κ3) is 3.06. The average molecular weight is 476 g/mol. The van der Waals surface area contributed by atoms with Crippen LogP contribution in [-0.4, -0.2) is 73.3 Å². The molecule has 1 heterocycles. The van der Waals surface area contributed by atoms with Crippen molar-refractivity contribution in [3.63, 3.8) is 0 Å². The van der Waals surface area contributed by atoms with Crippen molar-refractivity contribution in [3.05, 3.63) is 64.8 Å². The van der Waals surface area contributed by atoms with Gasteiger partial charge < -0.3 is 26.5 Å². The second-order valence-corrected chi connectivity index (χ2v) is 9.43. The summed E-state index contributed by atoms with van der Waals surface area (Å²) in [5, 5.41) is 42.4. The van der Waals surface area contributed by atoms with E-state index >= 15 is 0 Å². The van der Waals surface area contributed by atoms with E-state index < -0.39 is 52.2 Å². The molecule has 0 spiro atoms. The van der Waals surface area contributed by atoms with Crippen molar-refractivity contribution in [1.82, 2.24) is 14.9 Å². The summed E-state index contributed by atoms with van der Waals surface area (Å²) in [7, 11) is 3.29. The van der Waals surface area contributed by atoms with E-state index in [-0.39, 0.29) is 17.8 Å². The highest BCUT2D eigenvalue weighted by atomic mass is 16.3. The van der Waals surface area contributed by atoms with Crippen LogP contribution in [0.2, 0.25) is 0 Å². The van der Waals surface area contributed by atoms with Gasteiger partial charge in [0.2, 0.25) is 5.78 Å². The Hall–Kier alpha value is -3.89. The molecule has 0 bridgehead atoms. The van der Waals surface area contributed by atoms with Gasteiger partial charge in [0, 0.05) is 35.0 Å². The number of hydrogen-bond acceptors (Lipinski definition) is 9. The Morgan fingerprint density at radius 3 is 2.57 bits per heavy atom. The predicted octanol–water partition coefficient (Wildman–Crippen LogP) is 1.17. The third-order valence-corrected chi connectivity index (χ3v) is 7.40. The molecule has 180 valence electrons. The molecule has 0 aliphatic heterocycles. The molecular weight excluding hydrogens is 450 g/mol. The number of carbonyl (C=O) groups excluding carboxylic acids is 2. The monoisotopic (exact) mass is 475 g/mol. The van der Waals surface area contributed by atoms with Crippen LogP contribution < -0.4 is 5.73 Å². The molecule has 6 N–H and O–H groups in total. The number of aromatic nitrogens is 2. The molecule has 4 atom stereocenters. The van der Waals surface area contributed by atoms with Gasteiger partial charge in [0.1, 0.15) is 17.1 Å². The number of ketones is 1. The van der Waals surface area contributed by atoms with Crippen LogP contribution >= 0.6 is 0 Å². The number of primary amides is 1. The summed E-state index contributed by atoms with van der Waals surface area (Å²) in [5.41, 5.74) is 4.32. The third-order valence-electron chi connectivity index (χ3n) is 7.40. The number of aliphatic hydroxyl groups is 3. The lowest BCUT2D eigenvalue weighted by Gasteiger charge is -2.51. The van der Waals surface area contributed by atoms with Crippen LogP contribution in [0.1, 0.15) is 17.5 Å². The minimum atomic E-state index is -2.43. The fourth-order valence-corrected chi connectivity index (χ4v) is 5.91. The molecule has 3 aliphatic rings. The Morgan fingerprint density at radius 2 is 1.94 bits per heavy atom. The van der Waals surface area contributed by atoms with E-state index in [1.807, 2.05) is 6.07 Å². The van der Waals surface area contributed by atoms with Crippen LogP contribution in [0.15, 0.2) is 53.7 Å². The molecule has 5 rings (SSSR count). The van der Waals surface area contributed by atoms with Crippen LogP contribution in [0.25, 0.3) is 17.0 Å². The first-order valence-corrected chi connectivity index (χ1v) is 11.2.